The maximum atomic E-state index is 13.3. The minimum absolute atomic E-state index is 0.00648. The lowest BCUT2D eigenvalue weighted by atomic mass is 9.69. The zero-order valence-electron chi connectivity index (χ0n) is 20.2. The predicted octanol–water partition coefficient (Wildman–Crippen LogP) is 6.30. The second-order valence-electron chi connectivity index (χ2n) is 10.0. The Morgan fingerprint density at radius 1 is 1.21 bits per heavy atom. The molecular formula is C28H29ClN2O3. The van der Waals surface area contributed by atoms with Gasteiger partial charge in [-0.05, 0) is 66.6 Å². The number of benzene rings is 2. The van der Waals surface area contributed by atoms with Crippen LogP contribution in [-0.4, -0.2) is 5.78 Å². The smallest absolute Gasteiger partial charge is 0.205 e. The molecule has 6 heteroatoms. The van der Waals surface area contributed by atoms with Crippen molar-refractivity contribution in [1.29, 1.82) is 5.26 Å². The van der Waals surface area contributed by atoms with Crippen LogP contribution in [0.3, 0.4) is 0 Å². The molecule has 5 nitrogen and oxygen atoms in total. The number of hydrogen-bond acceptors (Lipinski definition) is 5. The summed E-state index contributed by atoms with van der Waals surface area (Å²) in [5.74, 6) is 0.875. The zero-order valence-corrected chi connectivity index (χ0v) is 21.0. The lowest BCUT2D eigenvalue weighted by Gasteiger charge is -2.37. The largest absolute Gasteiger partial charge is 0.489 e. The summed E-state index contributed by atoms with van der Waals surface area (Å²) in [5.41, 5.74) is 11.6. The highest BCUT2D eigenvalue weighted by molar-refractivity contribution is 6.30. The van der Waals surface area contributed by atoms with Gasteiger partial charge in [-0.2, -0.15) is 5.26 Å². The third-order valence-electron chi connectivity index (χ3n) is 6.61. The highest BCUT2D eigenvalue weighted by Crippen LogP contribution is 2.48. The van der Waals surface area contributed by atoms with Crippen LogP contribution >= 0.6 is 11.6 Å². The van der Waals surface area contributed by atoms with Crippen molar-refractivity contribution >= 4 is 17.4 Å². The fourth-order valence-corrected chi connectivity index (χ4v) is 5.17. The standard InChI is InChI=1S/C28H29ClN2O3/c1-15-8-18(14-33-23-7-6-19(29)10-16(23)2)17(3)20(9-15)25-21(13-30)27(31)34-24-12-28(4,5)11-22(32)26(24)25/h6-10,25H,11-12,14,31H2,1-5H3/t25-/m0/s1. The number of aryl methyl sites for hydroxylation is 2. The van der Waals surface area contributed by atoms with Crippen LogP contribution < -0.4 is 10.5 Å². The second-order valence-corrected chi connectivity index (χ2v) is 10.5. The number of hydrogen-bond donors (Lipinski definition) is 1. The zero-order chi connectivity index (χ0) is 24.8. The van der Waals surface area contributed by atoms with Crippen LogP contribution in [0.1, 0.15) is 60.4 Å². The number of rotatable bonds is 4. The highest BCUT2D eigenvalue weighted by Gasteiger charge is 2.43. The number of Topliss-reactive ketones (excluding diaryl/α,β-unsaturated/α-hetero) is 1. The van der Waals surface area contributed by atoms with Crippen molar-refractivity contribution in [2.24, 2.45) is 11.1 Å². The fraction of sp³-hybridized carbons (Fsp3) is 0.357. The van der Waals surface area contributed by atoms with Crippen LogP contribution in [0.2, 0.25) is 5.02 Å². The molecule has 1 aliphatic heterocycles. The van der Waals surface area contributed by atoms with Crippen molar-refractivity contribution in [3.8, 4) is 11.8 Å². The van der Waals surface area contributed by atoms with Gasteiger partial charge in [0, 0.05) is 23.4 Å². The molecule has 0 amide bonds. The average Bonchev–Trinajstić information content (AvgIpc) is 2.73. The molecule has 2 aromatic rings. The number of nitriles is 1. The van der Waals surface area contributed by atoms with Gasteiger partial charge in [0.15, 0.2) is 5.78 Å². The van der Waals surface area contributed by atoms with E-state index in [9.17, 15) is 10.1 Å². The molecule has 2 aromatic carbocycles. The SMILES string of the molecule is Cc1cc(COc2ccc(Cl)cc2C)c(C)c([C@H]2C(C#N)=C(N)OC3=C2C(=O)CC(C)(C)C3)c1. The van der Waals surface area contributed by atoms with Crippen LogP contribution in [0.25, 0.3) is 0 Å². The average molecular weight is 477 g/mol. The van der Waals surface area contributed by atoms with Gasteiger partial charge in [-0.25, -0.2) is 0 Å². The van der Waals surface area contributed by atoms with Crippen LogP contribution in [0.5, 0.6) is 5.75 Å². The van der Waals surface area contributed by atoms with E-state index in [1.165, 1.54) is 0 Å². The van der Waals surface area contributed by atoms with Gasteiger partial charge in [-0.15, -0.1) is 0 Å². The topological polar surface area (TPSA) is 85.3 Å². The molecule has 1 atom stereocenters. The summed E-state index contributed by atoms with van der Waals surface area (Å²) in [4.78, 5) is 13.3. The maximum Gasteiger partial charge on any atom is 0.205 e. The van der Waals surface area contributed by atoms with E-state index in [0.717, 1.165) is 33.6 Å². The van der Waals surface area contributed by atoms with Crippen molar-refractivity contribution in [3.63, 3.8) is 0 Å². The van der Waals surface area contributed by atoms with Gasteiger partial charge in [0.25, 0.3) is 0 Å². The first-order valence-electron chi connectivity index (χ1n) is 11.3. The predicted molar refractivity (Wildman–Crippen MR) is 132 cm³/mol. The summed E-state index contributed by atoms with van der Waals surface area (Å²) in [6, 6.07) is 11.8. The third-order valence-corrected chi connectivity index (χ3v) is 6.84. The maximum absolute atomic E-state index is 13.3. The lowest BCUT2D eigenvalue weighted by molar-refractivity contribution is -0.119. The van der Waals surface area contributed by atoms with Crippen molar-refractivity contribution < 1.29 is 14.3 Å². The molecule has 1 aliphatic carbocycles. The minimum atomic E-state index is -0.548. The number of carbonyl (C=O) groups is 1. The number of allylic oxidation sites excluding steroid dienone is 3. The van der Waals surface area contributed by atoms with Crippen LogP contribution in [-0.2, 0) is 16.1 Å². The molecule has 0 unspecified atom stereocenters. The van der Waals surface area contributed by atoms with Crippen molar-refractivity contribution in [2.75, 3.05) is 0 Å². The first-order valence-corrected chi connectivity index (χ1v) is 11.7. The van der Waals surface area contributed by atoms with E-state index < -0.39 is 5.92 Å². The molecule has 34 heavy (non-hydrogen) atoms. The molecule has 2 aliphatic rings. The van der Waals surface area contributed by atoms with Crippen LogP contribution in [0.15, 0.2) is 53.1 Å². The number of halogens is 1. The summed E-state index contributed by atoms with van der Waals surface area (Å²) in [6.07, 6.45) is 1.00. The van der Waals surface area contributed by atoms with E-state index in [4.69, 9.17) is 26.8 Å². The van der Waals surface area contributed by atoms with Gasteiger partial charge in [-0.1, -0.05) is 43.1 Å². The molecule has 0 saturated carbocycles. The highest BCUT2D eigenvalue weighted by atomic mass is 35.5. The fourth-order valence-electron chi connectivity index (χ4n) is 4.94. The van der Waals surface area contributed by atoms with Crippen LogP contribution in [0.4, 0.5) is 0 Å². The third kappa shape index (κ3) is 4.43. The molecule has 0 bridgehead atoms. The first-order chi connectivity index (χ1) is 16.0. The van der Waals surface area contributed by atoms with Crippen LogP contribution in [0, 0.1) is 37.5 Å². The Balaban J connectivity index is 1.78. The van der Waals surface area contributed by atoms with Gasteiger partial charge in [0.2, 0.25) is 5.88 Å². The first kappa shape index (κ1) is 23.9. The van der Waals surface area contributed by atoms with Gasteiger partial charge < -0.3 is 15.2 Å². The number of nitrogens with zero attached hydrogens (tertiary/aromatic N) is 1. The van der Waals surface area contributed by atoms with E-state index in [2.05, 4.69) is 12.1 Å². The number of ketones is 1. The second kappa shape index (κ2) is 8.85. The van der Waals surface area contributed by atoms with Gasteiger partial charge in [0.1, 0.15) is 29.8 Å². The van der Waals surface area contributed by atoms with E-state index >= 15 is 0 Å². The number of carbonyl (C=O) groups excluding carboxylic acids is 1. The van der Waals surface area contributed by atoms with E-state index in [-0.39, 0.29) is 22.7 Å². The molecule has 0 radical (unpaired) electrons. The molecule has 0 spiro atoms. The quantitative estimate of drug-likeness (QED) is 0.560. The Morgan fingerprint density at radius 2 is 1.94 bits per heavy atom. The minimum Gasteiger partial charge on any atom is -0.489 e. The van der Waals surface area contributed by atoms with Gasteiger partial charge in [-0.3, -0.25) is 4.79 Å². The molecule has 0 saturated heterocycles. The molecule has 0 aromatic heterocycles. The monoisotopic (exact) mass is 476 g/mol. The summed E-state index contributed by atoms with van der Waals surface area (Å²) >= 11 is 6.07. The molecular weight excluding hydrogens is 448 g/mol. The molecule has 0 fully saturated rings. The molecule has 1 heterocycles. The van der Waals surface area contributed by atoms with Crippen molar-refractivity contribution in [3.05, 3.63) is 86.0 Å². The molecule has 4 rings (SSSR count). The van der Waals surface area contributed by atoms with E-state index in [1.54, 1.807) is 6.07 Å². The van der Waals surface area contributed by atoms with Crippen molar-refractivity contribution in [2.45, 2.75) is 60.0 Å². The van der Waals surface area contributed by atoms with E-state index in [1.807, 2.05) is 52.8 Å². The summed E-state index contributed by atoms with van der Waals surface area (Å²) in [5, 5.41) is 10.6. The number of nitrogens with two attached hydrogens (primary N) is 1. The van der Waals surface area contributed by atoms with Crippen molar-refractivity contribution in [1.82, 2.24) is 0 Å². The van der Waals surface area contributed by atoms with Gasteiger partial charge in [0.05, 0.1) is 5.92 Å². The summed E-state index contributed by atoms with van der Waals surface area (Å²) in [6.45, 7) is 10.4. The summed E-state index contributed by atoms with van der Waals surface area (Å²) in [7, 11) is 0. The lowest BCUT2D eigenvalue weighted by Crippen LogP contribution is -2.33. The van der Waals surface area contributed by atoms with E-state index in [0.29, 0.717) is 35.8 Å². The number of ether oxygens (including phenoxy) is 2. The Hall–Kier alpha value is -3.23. The molecule has 2 N–H and O–H groups in total. The Labute approximate surface area is 205 Å². The summed E-state index contributed by atoms with van der Waals surface area (Å²) < 4.78 is 12.0. The molecule has 176 valence electrons. The Morgan fingerprint density at radius 3 is 2.62 bits per heavy atom. The normalized spacial score (nSPS) is 19.4. The Kier molecular flexibility index (Phi) is 6.22. The Bertz CT molecular complexity index is 1300. The van der Waals surface area contributed by atoms with Gasteiger partial charge >= 0.3 is 0 Å².